The van der Waals surface area contributed by atoms with Crippen LogP contribution in [0.2, 0.25) is 5.02 Å². The van der Waals surface area contributed by atoms with E-state index in [-0.39, 0.29) is 11.8 Å². The van der Waals surface area contributed by atoms with Crippen molar-refractivity contribution in [3.8, 4) is 5.13 Å². The molecule has 3 heterocycles. The summed E-state index contributed by atoms with van der Waals surface area (Å²) in [7, 11) is 0. The fourth-order valence-corrected chi connectivity index (χ4v) is 4.21. The maximum Gasteiger partial charge on any atom is 0.229 e. The molecule has 1 atom stereocenters. The molecule has 0 bridgehead atoms. The minimum absolute atomic E-state index is 0.0229. The van der Waals surface area contributed by atoms with Gasteiger partial charge in [-0.1, -0.05) is 29.0 Å². The quantitative estimate of drug-likeness (QED) is 0.713. The highest BCUT2D eigenvalue weighted by Gasteiger charge is 2.28. The first-order valence-electron chi connectivity index (χ1n) is 8.89. The zero-order chi connectivity index (χ0) is 18.8. The van der Waals surface area contributed by atoms with Crippen molar-refractivity contribution in [3.05, 3.63) is 53.3 Å². The third-order valence-electron chi connectivity index (χ3n) is 4.73. The maximum atomic E-state index is 12.7. The van der Waals surface area contributed by atoms with Crippen molar-refractivity contribution in [2.45, 2.75) is 19.8 Å². The van der Waals surface area contributed by atoms with Crippen molar-refractivity contribution in [1.29, 1.82) is 0 Å². The van der Waals surface area contributed by atoms with E-state index in [2.05, 4.69) is 20.4 Å². The lowest BCUT2D eigenvalue weighted by molar-refractivity contribution is -0.120. The van der Waals surface area contributed by atoms with Crippen molar-refractivity contribution in [2.24, 2.45) is 5.92 Å². The first-order valence-corrected chi connectivity index (χ1v) is 10.1. The number of hydrogen-bond acceptors (Lipinski definition) is 5. The topological polar surface area (TPSA) is 63.1 Å². The first-order chi connectivity index (χ1) is 13.1. The third kappa shape index (κ3) is 3.99. The summed E-state index contributed by atoms with van der Waals surface area (Å²) in [4.78, 5) is 14.9. The average molecular weight is 402 g/mol. The van der Waals surface area contributed by atoms with Crippen molar-refractivity contribution in [1.82, 2.24) is 14.8 Å². The van der Waals surface area contributed by atoms with E-state index in [1.54, 1.807) is 6.07 Å². The summed E-state index contributed by atoms with van der Waals surface area (Å²) in [5.41, 5.74) is 1.73. The summed E-state index contributed by atoms with van der Waals surface area (Å²) in [6.45, 7) is 3.48. The van der Waals surface area contributed by atoms with Gasteiger partial charge in [-0.05, 0) is 49.6 Å². The second-order valence-electron chi connectivity index (χ2n) is 6.70. The zero-order valence-corrected chi connectivity index (χ0v) is 16.5. The number of rotatable bonds is 4. The Bertz CT molecular complexity index is 939. The van der Waals surface area contributed by atoms with Crippen LogP contribution in [-0.4, -0.2) is 33.8 Å². The Labute approximate surface area is 166 Å². The Kier molecular flexibility index (Phi) is 5.13. The van der Waals surface area contributed by atoms with E-state index in [1.807, 2.05) is 48.1 Å². The Hall–Kier alpha value is -2.38. The van der Waals surface area contributed by atoms with Crippen LogP contribution in [0.4, 0.5) is 10.8 Å². The van der Waals surface area contributed by atoms with Crippen molar-refractivity contribution in [3.63, 3.8) is 0 Å². The number of benzene rings is 1. The molecule has 2 aromatic heterocycles. The molecule has 3 aromatic rings. The molecule has 8 heteroatoms. The van der Waals surface area contributed by atoms with E-state index in [4.69, 9.17) is 11.6 Å². The van der Waals surface area contributed by atoms with E-state index in [1.165, 1.54) is 11.3 Å². The summed E-state index contributed by atoms with van der Waals surface area (Å²) in [6.07, 6.45) is 5.71. The number of nitrogens with one attached hydrogen (secondary N) is 1. The molecule has 140 valence electrons. The molecule has 1 saturated heterocycles. The van der Waals surface area contributed by atoms with Crippen LogP contribution in [0.1, 0.15) is 18.4 Å². The van der Waals surface area contributed by atoms with Gasteiger partial charge in [0.25, 0.3) is 0 Å². The van der Waals surface area contributed by atoms with Gasteiger partial charge < -0.3 is 10.2 Å². The summed E-state index contributed by atoms with van der Waals surface area (Å²) < 4.78 is 1.94. The molecule has 1 aromatic carbocycles. The minimum Gasteiger partial charge on any atom is -0.346 e. The molecule has 0 aliphatic carbocycles. The number of halogens is 1. The van der Waals surface area contributed by atoms with Gasteiger partial charge in [0, 0.05) is 36.2 Å². The SMILES string of the molecule is Cc1ccc(NC(=O)[C@@H]2CCCN(c3nnc(-n4cccc4)s3)C2)cc1Cl. The summed E-state index contributed by atoms with van der Waals surface area (Å²) in [5, 5.41) is 13.9. The Morgan fingerprint density at radius 3 is 2.81 bits per heavy atom. The molecule has 1 amide bonds. The van der Waals surface area contributed by atoms with Gasteiger partial charge in [0.15, 0.2) is 0 Å². The van der Waals surface area contributed by atoms with Gasteiger partial charge in [0.05, 0.1) is 5.92 Å². The second kappa shape index (κ2) is 7.70. The van der Waals surface area contributed by atoms with Crippen LogP contribution in [0.15, 0.2) is 42.7 Å². The number of anilines is 2. The van der Waals surface area contributed by atoms with Gasteiger partial charge in [-0.2, -0.15) is 0 Å². The van der Waals surface area contributed by atoms with Gasteiger partial charge in [-0.15, -0.1) is 10.2 Å². The number of piperidine rings is 1. The minimum atomic E-state index is -0.0854. The highest BCUT2D eigenvalue weighted by molar-refractivity contribution is 7.17. The monoisotopic (exact) mass is 401 g/mol. The van der Waals surface area contributed by atoms with Gasteiger partial charge >= 0.3 is 0 Å². The van der Waals surface area contributed by atoms with Gasteiger partial charge in [-0.25, -0.2) is 0 Å². The molecule has 1 aliphatic rings. The molecule has 1 fully saturated rings. The van der Waals surface area contributed by atoms with Crippen LogP contribution in [0.3, 0.4) is 0 Å². The molecule has 0 radical (unpaired) electrons. The van der Waals surface area contributed by atoms with Crippen molar-refractivity contribution < 1.29 is 4.79 Å². The fourth-order valence-electron chi connectivity index (χ4n) is 3.18. The Morgan fingerprint density at radius 1 is 1.26 bits per heavy atom. The standard InChI is InChI=1S/C19H20ClN5OS/c1-13-6-7-15(11-16(13)20)21-17(26)14-5-4-10-25(12-14)19-23-22-18(27-19)24-8-2-3-9-24/h2-3,6-9,11,14H,4-5,10,12H2,1H3,(H,21,26)/t14-/m1/s1. The second-order valence-corrected chi connectivity index (χ2v) is 8.04. The van der Waals surface area contributed by atoms with Crippen LogP contribution in [0, 0.1) is 12.8 Å². The molecule has 1 N–H and O–H groups in total. The van der Waals surface area contributed by atoms with Crippen LogP contribution >= 0.6 is 22.9 Å². The summed E-state index contributed by atoms with van der Waals surface area (Å²) >= 11 is 7.69. The van der Waals surface area contributed by atoms with Crippen LogP contribution in [0.5, 0.6) is 0 Å². The molecular weight excluding hydrogens is 382 g/mol. The fraction of sp³-hybridized carbons (Fsp3) is 0.316. The zero-order valence-electron chi connectivity index (χ0n) is 14.9. The normalized spacial score (nSPS) is 17.1. The number of nitrogens with zero attached hydrogens (tertiary/aromatic N) is 4. The molecule has 0 saturated carbocycles. The van der Waals surface area contributed by atoms with Crippen molar-refractivity contribution >= 4 is 39.7 Å². The Balaban J connectivity index is 1.43. The molecule has 0 unspecified atom stereocenters. The molecule has 6 nitrogen and oxygen atoms in total. The van der Waals surface area contributed by atoms with E-state index in [0.717, 1.165) is 40.9 Å². The largest absolute Gasteiger partial charge is 0.346 e. The smallest absolute Gasteiger partial charge is 0.229 e. The number of carbonyl (C=O) groups excluding carboxylic acids is 1. The predicted octanol–water partition coefficient (Wildman–Crippen LogP) is 4.15. The highest BCUT2D eigenvalue weighted by atomic mass is 35.5. The van der Waals surface area contributed by atoms with E-state index < -0.39 is 0 Å². The number of hydrogen-bond donors (Lipinski definition) is 1. The number of amides is 1. The van der Waals surface area contributed by atoms with Crippen LogP contribution in [0.25, 0.3) is 5.13 Å². The maximum absolute atomic E-state index is 12.7. The first kappa shape index (κ1) is 18.0. The molecular formula is C19H20ClN5OS. The number of carbonyl (C=O) groups is 1. The third-order valence-corrected chi connectivity index (χ3v) is 6.14. The molecule has 1 aliphatic heterocycles. The highest BCUT2D eigenvalue weighted by Crippen LogP contribution is 2.28. The summed E-state index contributed by atoms with van der Waals surface area (Å²) in [6, 6.07) is 9.51. The lowest BCUT2D eigenvalue weighted by Gasteiger charge is -2.31. The molecule has 4 rings (SSSR count). The van der Waals surface area contributed by atoms with E-state index in [9.17, 15) is 4.79 Å². The average Bonchev–Trinajstić information content (AvgIpc) is 3.36. The van der Waals surface area contributed by atoms with Crippen molar-refractivity contribution in [2.75, 3.05) is 23.3 Å². The number of aromatic nitrogens is 3. The van der Waals surface area contributed by atoms with Gasteiger partial charge in [0.1, 0.15) is 0 Å². The van der Waals surface area contributed by atoms with E-state index >= 15 is 0 Å². The van der Waals surface area contributed by atoms with Crippen LogP contribution < -0.4 is 10.2 Å². The molecule has 0 spiro atoms. The predicted molar refractivity (Wildman–Crippen MR) is 109 cm³/mol. The van der Waals surface area contributed by atoms with Gasteiger partial charge in [-0.3, -0.25) is 9.36 Å². The Morgan fingerprint density at radius 2 is 2.04 bits per heavy atom. The number of aryl methyl sites for hydroxylation is 1. The summed E-state index contributed by atoms with van der Waals surface area (Å²) in [5.74, 6) is -0.0625. The lowest BCUT2D eigenvalue weighted by Crippen LogP contribution is -2.40. The lowest BCUT2D eigenvalue weighted by atomic mass is 9.97. The molecule has 27 heavy (non-hydrogen) atoms. The van der Waals surface area contributed by atoms with Gasteiger partial charge in [0.2, 0.25) is 16.2 Å². The van der Waals surface area contributed by atoms with Crippen LogP contribution in [-0.2, 0) is 4.79 Å². The van der Waals surface area contributed by atoms with E-state index in [0.29, 0.717) is 11.6 Å².